The number of hydrogen-bond donors (Lipinski definition) is 2. The molecule has 0 aromatic heterocycles. The number of nitrogens with one attached hydrogen (secondary N) is 2. The molecule has 1 heterocycles. The fraction of sp³-hybridized carbons (Fsp3) is 0.467. The molecule has 0 fully saturated rings. The van der Waals surface area contributed by atoms with Crippen molar-refractivity contribution in [2.24, 2.45) is 0 Å². The monoisotopic (exact) mass is 311 g/mol. The van der Waals surface area contributed by atoms with Gasteiger partial charge < -0.3 is 15.5 Å². The maximum absolute atomic E-state index is 12.1. The molecule has 6 heteroatoms. The Labute approximate surface area is 131 Å². The van der Waals surface area contributed by atoms with Gasteiger partial charge in [0.2, 0.25) is 11.8 Å². The van der Waals surface area contributed by atoms with Gasteiger partial charge in [0.25, 0.3) is 0 Å². The van der Waals surface area contributed by atoms with E-state index < -0.39 is 0 Å². The first kappa shape index (κ1) is 17.5. The van der Waals surface area contributed by atoms with Crippen LogP contribution in [0.5, 0.6) is 0 Å². The standard InChI is InChI=1S/C15H21N3O2.ClH/c1-3-18(2)14(19)10-17-15(20)13-8-11-6-4-5-7-12(11)9-16-13;/h4-7,13,16H,3,8-10H2,1-2H3,(H,17,20);1H. The first-order valence-corrected chi connectivity index (χ1v) is 6.93. The Balaban J connectivity index is 0.00000220. The van der Waals surface area contributed by atoms with Crippen molar-refractivity contribution in [3.8, 4) is 0 Å². The molecule has 0 saturated heterocycles. The van der Waals surface area contributed by atoms with Crippen molar-refractivity contribution in [1.29, 1.82) is 0 Å². The predicted octanol–water partition coefficient (Wildman–Crippen LogP) is 0.717. The molecule has 0 spiro atoms. The Kier molecular flexibility index (Phi) is 6.65. The zero-order valence-corrected chi connectivity index (χ0v) is 13.2. The second kappa shape index (κ2) is 8.00. The van der Waals surface area contributed by atoms with E-state index in [-0.39, 0.29) is 36.8 Å². The van der Waals surface area contributed by atoms with Gasteiger partial charge in [-0.3, -0.25) is 9.59 Å². The number of halogens is 1. The first-order valence-electron chi connectivity index (χ1n) is 6.93. The van der Waals surface area contributed by atoms with Crippen molar-refractivity contribution in [3.05, 3.63) is 35.4 Å². The van der Waals surface area contributed by atoms with Crippen molar-refractivity contribution in [3.63, 3.8) is 0 Å². The maximum Gasteiger partial charge on any atom is 0.241 e. The second-order valence-electron chi connectivity index (χ2n) is 5.03. The minimum atomic E-state index is -0.260. The average molecular weight is 312 g/mol. The highest BCUT2D eigenvalue weighted by molar-refractivity contribution is 5.87. The van der Waals surface area contributed by atoms with Crippen molar-refractivity contribution in [2.75, 3.05) is 20.1 Å². The van der Waals surface area contributed by atoms with E-state index in [9.17, 15) is 9.59 Å². The second-order valence-corrected chi connectivity index (χ2v) is 5.03. The van der Waals surface area contributed by atoms with E-state index >= 15 is 0 Å². The number of amides is 2. The topological polar surface area (TPSA) is 61.4 Å². The fourth-order valence-electron chi connectivity index (χ4n) is 2.24. The molecule has 1 aliphatic rings. The van der Waals surface area contributed by atoms with E-state index in [0.29, 0.717) is 19.5 Å². The quantitative estimate of drug-likeness (QED) is 0.861. The summed E-state index contributed by atoms with van der Waals surface area (Å²) in [6.45, 7) is 3.29. The van der Waals surface area contributed by atoms with Crippen molar-refractivity contribution >= 4 is 24.2 Å². The van der Waals surface area contributed by atoms with Gasteiger partial charge in [-0.25, -0.2) is 0 Å². The number of likely N-dealkylation sites (N-methyl/N-ethyl adjacent to an activating group) is 1. The van der Waals surface area contributed by atoms with Crippen molar-refractivity contribution in [2.45, 2.75) is 25.9 Å². The van der Waals surface area contributed by atoms with Crippen LogP contribution in [-0.4, -0.2) is 42.9 Å². The highest BCUT2D eigenvalue weighted by Gasteiger charge is 2.24. The van der Waals surface area contributed by atoms with Gasteiger partial charge in [0, 0.05) is 20.1 Å². The lowest BCUT2D eigenvalue weighted by molar-refractivity contribution is -0.132. The molecule has 2 rings (SSSR count). The van der Waals surface area contributed by atoms with E-state index in [4.69, 9.17) is 0 Å². The van der Waals surface area contributed by atoms with Gasteiger partial charge in [-0.15, -0.1) is 12.4 Å². The highest BCUT2D eigenvalue weighted by atomic mass is 35.5. The number of carbonyl (C=O) groups excluding carboxylic acids is 2. The van der Waals surface area contributed by atoms with Crippen LogP contribution in [0.15, 0.2) is 24.3 Å². The van der Waals surface area contributed by atoms with E-state index in [2.05, 4.69) is 16.7 Å². The minimum Gasteiger partial charge on any atom is -0.346 e. The van der Waals surface area contributed by atoms with E-state index in [1.54, 1.807) is 11.9 Å². The Bertz CT molecular complexity index is 507. The van der Waals surface area contributed by atoms with Gasteiger partial charge in [0.05, 0.1) is 12.6 Å². The zero-order valence-electron chi connectivity index (χ0n) is 12.4. The Hall–Kier alpha value is -1.59. The van der Waals surface area contributed by atoms with Gasteiger partial charge in [0.1, 0.15) is 0 Å². The molecule has 0 radical (unpaired) electrons. The summed E-state index contributed by atoms with van der Waals surface area (Å²) < 4.78 is 0. The fourth-order valence-corrected chi connectivity index (χ4v) is 2.24. The molecular weight excluding hydrogens is 290 g/mol. The molecule has 1 aromatic rings. The summed E-state index contributed by atoms with van der Waals surface area (Å²) in [5.41, 5.74) is 2.43. The Morgan fingerprint density at radius 1 is 1.33 bits per heavy atom. The largest absolute Gasteiger partial charge is 0.346 e. The van der Waals surface area contributed by atoms with Gasteiger partial charge >= 0.3 is 0 Å². The lowest BCUT2D eigenvalue weighted by Gasteiger charge is -2.25. The molecule has 116 valence electrons. The van der Waals surface area contributed by atoms with Crippen LogP contribution < -0.4 is 10.6 Å². The van der Waals surface area contributed by atoms with Crippen LogP contribution in [0.4, 0.5) is 0 Å². The summed E-state index contributed by atoms with van der Waals surface area (Å²) in [6, 6.07) is 7.84. The molecule has 0 aliphatic carbocycles. The van der Waals surface area contributed by atoms with Gasteiger partial charge in [-0.1, -0.05) is 24.3 Å². The van der Waals surface area contributed by atoms with Crippen LogP contribution in [0.3, 0.4) is 0 Å². The van der Waals surface area contributed by atoms with E-state index in [1.165, 1.54) is 11.1 Å². The molecule has 5 nitrogen and oxygen atoms in total. The summed E-state index contributed by atoms with van der Waals surface area (Å²) in [4.78, 5) is 25.3. The van der Waals surface area contributed by atoms with Crippen LogP contribution in [0.25, 0.3) is 0 Å². The molecule has 1 aliphatic heterocycles. The lowest BCUT2D eigenvalue weighted by Crippen LogP contribution is -2.49. The van der Waals surface area contributed by atoms with Crippen LogP contribution in [0.1, 0.15) is 18.1 Å². The van der Waals surface area contributed by atoms with E-state index in [0.717, 1.165) is 0 Å². The third kappa shape index (κ3) is 4.44. The first-order chi connectivity index (χ1) is 9.61. The van der Waals surface area contributed by atoms with Crippen LogP contribution in [0.2, 0.25) is 0 Å². The number of rotatable bonds is 4. The Morgan fingerprint density at radius 3 is 2.67 bits per heavy atom. The third-order valence-electron chi connectivity index (χ3n) is 3.71. The summed E-state index contributed by atoms with van der Waals surface area (Å²) in [6.07, 6.45) is 0.666. The summed E-state index contributed by atoms with van der Waals surface area (Å²) in [5.74, 6) is -0.186. The molecular formula is C15H22ClN3O2. The molecule has 21 heavy (non-hydrogen) atoms. The molecule has 0 saturated carbocycles. The third-order valence-corrected chi connectivity index (χ3v) is 3.71. The van der Waals surface area contributed by atoms with Gasteiger partial charge in [0.15, 0.2) is 0 Å². The number of carbonyl (C=O) groups is 2. The summed E-state index contributed by atoms with van der Waals surface area (Å²) in [7, 11) is 1.73. The number of hydrogen-bond acceptors (Lipinski definition) is 3. The van der Waals surface area contributed by atoms with Crippen LogP contribution >= 0.6 is 12.4 Å². The lowest BCUT2D eigenvalue weighted by atomic mass is 9.95. The summed E-state index contributed by atoms with van der Waals surface area (Å²) >= 11 is 0. The Morgan fingerprint density at radius 2 is 2.00 bits per heavy atom. The van der Waals surface area contributed by atoms with Gasteiger partial charge in [-0.2, -0.15) is 0 Å². The molecule has 2 amide bonds. The normalized spacial score (nSPS) is 16.4. The van der Waals surface area contributed by atoms with Crippen molar-refractivity contribution < 1.29 is 9.59 Å². The zero-order chi connectivity index (χ0) is 14.5. The molecule has 2 N–H and O–H groups in total. The SMILES string of the molecule is CCN(C)C(=O)CNC(=O)C1Cc2ccccc2CN1.Cl. The van der Waals surface area contributed by atoms with Gasteiger partial charge in [-0.05, 0) is 24.5 Å². The number of fused-ring (bicyclic) bond motifs is 1. The smallest absolute Gasteiger partial charge is 0.241 e. The maximum atomic E-state index is 12.1. The molecule has 1 unspecified atom stereocenters. The van der Waals surface area contributed by atoms with E-state index in [1.807, 2.05) is 25.1 Å². The average Bonchev–Trinajstić information content (AvgIpc) is 2.50. The molecule has 0 bridgehead atoms. The molecule has 1 aromatic carbocycles. The minimum absolute atomic E-state index is 0. The highest BCUT2D eigenvalue weighted by Crippen LogP contribution is 2.16. The number of benzene rings is 1. The summed E-state index contributed by atoms with van der Waals surface area (Å²) in [5, 5.41) is 5.91. The van der Waals surface area contributed by atoms with Crippen LogP contribution in [0, 0.1) is 0 Å². The number of nitrogens with zero attached hydrogens (tertiary/aromatic N) is 1. The van der Waals surface area contributed by atoms with Crippen molar-refractivity contribution in [1.82, 2.24) is 15.5 Å². The molecule has 1 atom stereocenters. The predicted molar refractivity (Wildman–Crippen MR) is 84.3 cm³/mol. The van der Waals surface area contributed by atoms with Crippen LogP contribution in [-0.2, 0) is 22.6 Å².